The van der Waals surface area contributed by atoms with Gasteiger partial charge in [0, 0.05) is 38.3 Å². The summed E-state index contributed by atoms with van der Waals surface area (Å²) in [5.74, 6) is 1.57. The number of likely N-dealkylation sites (tertiary alicyclic amines) is 1. The van der Waals surface area contributed by atoms with Gasteiger partial charge in [0.1, 0.15) is 24.2 Å². The van der Waals surface area contributed by atoms with E-state index < -0.39 is 6.10 Å². The molecule has 0 aromatic heterocycles. The van der Waals surface area contributed by atoms with Crippen molar-refractivity contribution in [2.75, 3.05) is 39.9 Å². The maximum atomic E-state index is 10.5. The fourth-order valence-electron chi connectivity index (χ4n) is 3.95. The van der Waals surface area contributed by atoms with E-state index in [2.05, 4.69) is 41.0 Å². The van der Waals surface area contributed by atoms with Gasteiger partial charge >= 0.3 is 0 Å². The van der Waals surface area contributed by atoms with E-state index >= 15 is 0 Å². The van der Waals surface area contributed by atoms with E-state index in [1.807, 2.05) is 24.3 Å². The average molecular weight is 429 g/mol. The molecule has 0 aliphatic carbocycles. The standard InChI is InChI=1S/C25H36N2O4/c1-3-26(16-20-7-5-4-6-8-20)17-21-15-24(30-2)9-10-25(21)31-19-23(29)18-27-13-11-22(28)12-14-27/h4-10,15,22-23,28-29H,3,11-14,16-19H2,1-2H3. The summed E-state index contributed by atoms with van der Waals surface area (Å²) in [5.41, 5.74) is 2.32. The number of ether oxygens (including phenoxy) is 2. The van der Waals surface area contributed by atoms with Gasteiger partial charge in [0.15, 0.2) is 0 Å². The summed E-state index contributed by atoms with van der Waals surface area (Å²) in [4.78, 5) is 4.54. The predicted molar refractivity (Wildman–Crippen MR) is 122 cm³/mol. The number of β-amino-alcohol motifs (C(OH)–C–C–N with tert-alkyl or cyclic N) is 1. The van der Waals surface area contributed by atoms with Crippen LogP contribution in [0.1, 0.15) is 30.9 Å². The Balaban J connectivity index is 1.60. The summed E-state index contributed by atoms with van der Waals surface area (Å²) in [6.45, 7) is 7.10. The zero-order valence-electron chi connectivity index (χ0n) is 18.7. The van der Waals surface area contributed by atoms with Crippen LogP contribution in [0.25, 0.3) is 0 Å². The third-order valence-corrected chi connectivity index (χ3v) is 5.82. The Morgan fingerprint density at radius 2 is 1.84 bits per heavy atom. The quantitative estimate of drug-likeness (QED) is 0.574. The summed E-state index contributed by atoms with van der Waals surface area (Å²) in [5, 5.41) is 20.1. The maximum Gasteiger partial charge on any atom is 0.124 e. The Morgan fingerprint density at radius 1 is 1.10 bits per heavy atom. The molecular weight excluding hydrogens is 392 g/mol. The molecule has 1 aliphatic heterocycles. The first-order chi connectivity index (χ1) is 15.1. The van der Waals surface area contributed by atoms with Crippen LogP contribution in [0, 0.1) is 0 Å². The number of hydrogen-bond acceptors (Lipinski definition) is 6. The Morgan fingerprint density at radius 3 is 2.52 bits per heavy atom. The maximum absolute atomic E-state index is 10.5. The molecule has 2 aromatic carbocycles. The van der Waals surface area contributed by atoms with Gasteiger partial charge in [-0.3, -0.25) is 4.90 Å². The van der Waals surface area contributed by atoms with Crippen molar-refractivity contribution in [2.24, 2.45) is 0 Å². The zero-order valence-corrected chi connectivity index (χ0v) is 18.7. The van der Waals surface area contributed by atoms with Crippen LogP contribution >= 0.6 is 0 Å². The lowest BCUT2D eigenvalue weighted by Gasteiger charge is -2.31. The lowest BCUT2D eigenvalue weighted by atomic mass is 10.1. The molecule has 6 heteroatoms. The first-order valence-electron chi connectivity index (χ1n) is 11.2. The normalized spacial score (nSPS) is 16.4. The van der Waals surface area contributed by atoms with Crippen LogP contribution in [-0.4, -0.2) is 72.1 Å². The smallest absolute Gasteiger partial charge is 0.124 e. The predicted octanol–water partition coefficient (Wildman–Crippen LogP) is 2.91. The Labute approximate surface area is 186 Å². The molecule has 0 bridgehead atoms. The summed E-state index contributed by atoms with van der Waals surface area (Å²) < 4.78 is 11.5. The van der Waals surface area contributed by atoms with E-state index in [0.29, 0.717) is 6.54 Å². The van der Waals surface area contributed by atoms with Crippen molar-refractivity contribution in [3.63, 3.8) is 0 Å². The minimum Gasteiger partial charge on any atom is -0.497 e. The molecule has 0 amide bonds. The second kappa shape index (κ2) is 12.1. The number of piperidine rings is 1. The van der Waals surface area contributed by atoms with E-state index in [0.717, 1.165) is 62.6 Å². The third kappa shape index (κ3) is 7.51. The van der Waals surface area contributed by atoms with E-state index in [1.165, 1.54) is 5.56 Å². The molecule has 1 aliphatic rings. The Bertz CT molecular complexity index is 778. The molecule has 0 spiro atoms. The molecule has 6 nitrogen and oxygen atoms in total. The minimum absolute atomic E-state index is 0.205. The highest BCUT2D eigenvalue weighted by atomic mass is 16.5. The third-order valence-electron chi connectivity index (χ3n) is 5.82. The second-order valence-corrected chi connectivity index (χ2v) is 8.26. The summed E-state index contributed by atoms with van der Waals surface area (Å²) >= 11 is 0. The molecule has 1 heterocycles. The fourth-order valence-corrected chi connectivity index (χ4v) is 3.95. The van der Waals surface area contributed by atoms with E-state index in [9.17, 15) is 10.2 Å². The molecule has 1 saturated heterocycles. The van der Waals surface area contributed by atoms with E-state index in [4.69, 9.17) is 9.47 Å². The number of hydrogen-bond donors (Lipinski definition) is 2. The summed E-state index contributed by atoms with van der Waals surface area (Å²) in [6.07, 6.45) is 0.760. The summed E-state index contributed by atoms with van der Waals surface area (Å²) in [7, 11) is 1.67. The van der Waals surface area contributed by atoms with Crippen molar-refractivity contribution in [3.05, 3.63) is 59.7 Å². The van der Waals surface area contributed by atoms with Crippen molar-refractivity contribution in [1.82, 2.24) is 9.80 Å². The van der Waals surface area contributed by atoms with Crippen molar-refractivity contribution in [3.8, 4) is 11.5 Å². The van der Waals surface area contributed by atoms with Crippen LogP contribution < -0.4 is 9.47 Å². The molecule has 2 aromatic rings. The molecule has 1 atom stereocenters. The Hall–Kier alpha value is -2.12. The molecule has 0 radical (unpaired) electrons. The van der Waals surface area contributed by atoms with Crippen LogP contribution in [0.2, 0.25) is 0 Å². The number of aliphatic hydroxyl groups is 2. The van der Waals surface area contributed by atoms with Crippen molar-refractivity contribution in [2.45, 2.75) is 45.1 Å². The number of benzene rings is 2. The van der Waals surface area contributed by atoms with E-state index in [-0.39, 0.29) is 12.7 Å². The zero-order chi connectivity index (χ0) is 22.1. The number of aliphatic hydroxyl groups excluding tert-OH is 2. The molecule has 3 rings (SSSR count). The first kappa shape index (κ1) is 23.5. The minimum atomic E-state index is -0.572. The highest BCUT2D eigenvalue weighted by Gasteiger charge is 2.20. The highest BCUT2D eigenvalue weighted by Crippen LogP contribution is 2.26. The topological polar surface area (TPSA) is 65.4 Å². The highest BCUT2D eigenvalue weighted by molar-refractivity contribution is 5.40. The van der Waals surface area contributed by atoms with Gasteiger partial charge in [0.05, 0.1) is 13.2 Å². The molecule has 1 unspecified atom stereocenters. The molecule has 1 fully saturated rings. The van der Waals surface area contributed by atoms with Gasteiger partial charge in [0.25, 0.3) is 0 Å². The SMILES string of the molecule is CCN(Cc1ccccc1)Cc1cc(OC)ccc1OCC(O)CN1CCC(O)CC1. The molecular formula is C25H36N2O4. The van der Waals surface area contributed by atoms with Gasteiger partial charge < -0.3 is 24.6 Å². The van der Waals surface area contributed by atoms with Crippen LogP contribution in [0.3, 0.4) is 0 Å². The van der Waals surface area contributed by atoms with Gasteiger partial charge in [-0.1, -0.05) is 37.3 Å². The summed E-state index contributed by atoms with van der Waals surface area (Å²) in [6, 6.07) is 16.3. The average Bonchev–Trinajstić information content (AvgIpc) is 2.80. The van der Waals surface area contributed by atoms with Gasteiger partial charge in [-0.05, 0) is 43.1 Å². The second-order valence-electron chi connectivity index (χ2n) is 8.26. The van der Waals surface area contributed by atoms with Crippen molar-refractivity contribution in [1.29, 1.82) is 0 Å². The fraction of sp³-hybridized carbons (Fsp3) is 0.520. The molecule has 0 saturated carbocycles. The number of nitrogens with zero attached hydrogens (tertiary/aromatic N) is 2. The van der Waals surface area contributed by atoms with Crippen LogP contribution in [0.15, 0.2) is 48.5 Å². The lowest BCUT2D eigenvalue weighted by Crippen LogP contribution is -2.41. The largest absolute Gasteiger partial charge is 0.497 e. The van der Waals surface area contributed by atoms with Gasteiger partial charge in [-0.2, -0.15) is 0 Å². The Kier molecular flexibility index (Phi) is 9.15. The number of rotatable bonds is 11. The van der Waals surface area contributed by atoms with Crippen molar-refractivity contribution >= 4 is 0 Å². The number of methoxy groups -OCH3 is 1. The molecule has 2 N–H and O–H groups in total. The van der Waals surface area contributed by atoms with Gasteiger partial charge in [-0.15, -0.1) is 0 Å². The van der Waals surface area contributed by atoms with E-state index in [1.54, 1.807) is 7.11 Å². The molecule has 31 heavy (non-hydrogen) atoms. The van der Waals surface area contributed by atoms with Crippen LogP contribution in [0.5, 0.6) is 11.5 Å². The monoisotopic (exact) mass is 428 g/mol. The van der Waals surface area contributed by atoms with Crippen LogP contribution in [-0.2, 0) is 13.1 Å². The lowest BCUT2D eigenvalue weighted by molar-refractivity contribution is 0.0335. The first-order valence-corrected chi connectivity index (χ1v) is 11.2. The van der Waals surface area contributed by atoms with Gasteiger partial charge in [-0.25, -0.2) is 0 Å². The van der Waals surface area contributed by atoms with Gasteiger partial charge in [0.2, 0.25) is 0 Å². The molecule has 170 valence electrons. The van der Waals surface area contributed by atoms with Crippen molar-refractivity contribution < 1.29 is 19.7 Å². The van der Waals surface area contributed by atoms with Crippen LogP contribution in [0.4, 0.5) is 0 Å².